The number of aliphatic hydroxyl groups excluding tert-OH is 7. The van der Waals surface area contributed by atoms with E-state index in [0.29, 0.717) is 0 Å². The molecule has 2 saturated heterocycles. The Bertz CT molecular complexity index is 451. The van der Waals surface area contributed by atoms with Crippen LogP contribution in [-0.2, 0) is 14.2 Å². The van der Waals surface area contributed by atoms with Crippen molar-refractivity contribution in [3.63, 3.8) is 0 Å². The Hall–Kier alpha value is -0.400. The average molecular weight is 382 g/mol. The summed E-state index contributed by atoms with van der Waals surface area (Å²) in [4.78, 5) is 0. The molecule has 0 saturated carbocycles. The Morgan fingerprint density at radius 2 is 1.31 bits per heavy atom. The molecule has 26 heavy (non-hydrogen) atoms. The van der Waals surface area contributed by atoms with Crippen molar-refractivity contribution in [2.75, 3.05) is 13.2 Å². The molecule has 2 heterocycles. The molecule has 0 aromatic carbocycles. The third-order valence-corrected chi connectivity index (χ3v) is 4.86. The maximum Gasteiger partial charge on any atom is 0.187 e. The van der Waals surface area contributed by atoms with E-state index in [1.54, 1.807) is 20.8 Å². The van der Waals surface area contributed by atoms with Gasteiger partial charge in [-0.05, 0) is 5.41 Å². The minimum Gasteiger partial charge on any atom is -0.394 e. The lowest BCUT2D eigenvalue weighted by molar-refractivity contribution is -0.345. The fraction of sp³-hybridized carbons (Fsp3) is 1.00. The highest BCUT2D eigenvalue weighted by atomic mass is 16.7. The predicted octanol–water partition coefficient (Wildman–Crippen LogP) is -3.30. The molecular weight excluding hydrogens is 352 g/mol. The third kappa shape index (κ3) is 4.20. The van der Waals surface area contributed by atoms with Crippen LogP contribution in [0.15, 0.2) is 0 Å². The van der Waals surface area contributed by atoms with Gasteiger partial charge in [0.15, 0.2) is 6.29 Å². The van der Waals surface area contributed by atoms with Gasteiger partial charge in [0.2, 0.25) is 0 Å². The zero-order valence-electron chi connectivity index (χ0n) is 15.0. The normalized spacial score (nSPS) is 47.8. The lowest BCUT2D eigenvalue weighted by atomic mass is 9.80. The molecule has 2 aliphatic rings. The fourth-order valence-corrected chi connectivity index (χ4v) is 3.31. The SMILES string of the molecule is CC(C)(C)[C@@H]1OC(CO)[C@@H](O[C@H]2OC(CO)[C@@H](O)[C@H](O)C2O)[C@H](O)C1O. The highest BCUT2D eigenvalue weighted by molar-refractivity contribution is 4.98. The summed E-state index contributed by atoms with van der Waals surface area (Å²) in [5, 5.41) is 69.3. The quantitative estimate of drug-likeness (QED) is 0.261. The van der Waals surface area contributed by atoms with Crippen LogP contribution in [0.5, 0.6) is 0 Å². The first-order chi connectivity index (χ1) is 12.0. The molecule has 7 N–H and O–H groups in total. The number of ether oxygens (including phenoxy) is 3. The molecule has 10 nitrogen and oxygen atoms in total. The van der Waals surface area contributed by atoms with E-state index in [1.807, 2.05) is 0 Å². The second kappa shape index (κ2) is 8.31. The van der Waals surface area contributed by atoms with Gasteiger partial charge < -0.3 is 50.0 Å². The standard InChI is InChI=1S/C16H30O10/c1-16(2,3)14-11(22)10(21)13(7(5-18)24-14)26-15-12(23)9(20)8(19)6(4-17)25-15/h6-15,17-23H,4-5H2,1-3H3/t6?,7?,8-,9+,10-,11?,12?,13-,14-,15-/m1/s1. The smallest absolute Gasteiger partial charge is 0.187 e. The maximum atomic E-state index is 10.5. The van der Waals surface area contributed by atoms with E-state index in [4.69, 9.17) is 14.2 Å². The molecule has 2 fully saturated rings. The maximum absolute atomic E-state index is 10.5. The molecule has 10 heteroatoms. The van der Waals surface area contributed by atoms with E-state index in [9.17, 15) is 35.7 Å². The largest absolute Gasteiger partial charge is 0.394 e. The van der Waals surface area contributed by atoms with E-state index < -0.39 is 79.9 Å². The minimum atomic E-state index is -1.67. The number of rotatable bonds is 4. The van der Waals surface area contributed by atoms with Gasteiger partial charge in [0.25, 0.3) is 0 Å². The fourth-order valence-electron chi connectivity index (χ4n) is 3.31. The summed E-state index contributed by atoms with van der Waals surface area (Å²) in [6.45, 7) is 4.26. The molecule has 0 aliphatic carbocycles. The number of hydrogen-bond acceptors (Lipinski definition) is 10. The van der Waals surface area contributed by atoms with Crippen LogP contribution in [0, 0.1) is 5.41 Å². The van der Waals surface area contributed by atoms with Gasteiger partial charge in [-0.3, -0.25) is 0 Å². The molecule has 0 amide bonds. The summed E-state index contributed by atoms with van der Waals surface area (Å²) in [6, 6.07) is 0. The molecule has 154 valence electrons. The summed E-state index contributed by atoms with van der Waals surface area (Å²) in [7, 11) is 0. The number of hydrogen-bond donors (Lipinski definition) is 7. The lowest BCUT2D eigenvalue weighted by Crippen LogP contribution is -2.65. The van der Waals surface area contributed by atoms with Crippen LogP contribution in [0.25, 0.3) is 0 Å². The van der Waals surface area contributed by atoms with Gasteiger partial charge in [-0.25, -0.2) is 0 Å². The number of aliphatic hydroxyl groups is 7. The lowest BCUT2D eigenvalue weighted by Gasteiger charge is -2.48. The molecule has 0 bridgehead atoms. The van der Waals surface area contributed by atoms with Gasteiger partial charge in [-0.1, -0.05) is 20.8 Å². The van der Waals surface area contributed by atoms with Crippen molar-refractivity contribution in [1.82, 2.24) is 0 Å². The van der Waals surface area contributed by atoms with Crippen molar-refractivity contribution in [2.45, 2.75) is 82.0 Å². The Morgan fingerprint density at radius 1 is 0.731 bits per heavy atom. The van der Waals surface area contributed by atoms with E-state index >= 15 is 0 Å². The van der Waals surface area contributed by atoms with Crippen molar-refractivity contribution < 1.29 is 50.0 Å². The van der Waals surface area contributed by atoms with Gasteiger partial charge in [0.1, 0.15) is 48.8 Å². The third-order valence-electron chi connectivity index (χ3n) is 4.86. The molecule has 10 atom stereocenters. The first-order valence-corrected chi connectivity index (χ1v) is 8.61. The predicted molar refractivity (Wildman–Crippen MR) is 85.9 cm³/mol. The minimum absolute atomic E-state index is 0.526. The van der Waals surface area contributed by atoms with Gasteiger partial charge in [0, 0.05) is 0 Å². The average Bonchev–Trinajstić information content (AvgIpc) is 2.58. The molecule has 0 aromatic rings. The van der Waals surface area contributed by atoms with E-state index in [-0.39, 0.29) is 0 Å². The van der Waals surface area contributed by atoms with Crippen LogP contribution in [0.3, 0.4) is 0 Å². The van der Waals surface area contributed by atoms with Crippen LogP contribution in [0.1, 0.15) is 20.8 Å². The van der Waals surface area contributed by atoms with Crippen molar-refractivity contribution >= 4 is 0 Å². The van der Waals surface area contributed by atoms with Gasteiger partial charge in [-0.15, -0.1) is 0 Å². The Balaban J connectivity index is 2.16. The molecule has 0 aromatic heterocycles. The highest BCUT2D eigenvalue weighted by Crippen LogP contribution is 2.35. The van der Waals surface area contributed by atoms with Gasteiger partial charge >= 0.3 is 0 Å². The van der Waals surface area contributed by atoms with Gasteiger partial charge in [0.05, 0.1) is 19.3 Å². The zero-order chi connectivity index (χ0) is 19.8. The van der Waals surface area contributed by atoms with Crippen LogP contribution in [-0.4, -0.2) is 110 Å². The van der Waals surface area contributed by atoms with E-state index in [0.717, 1.165) is 0 Å². The monoisotopic (exact) mass is 382 g/mol. The molecule has 2 rings (SSSR count). The van der Waals surface area contributed by atoms with Crippen molar-refractivity contribution in [1.29, 1.82) is 0 Å². The second-order valence-electron chi connectivity index (χ2n) is 7.92. The summed E-state index contributed by atoms with van der Waals surface area (Å²) >= 11 is 0. The summed E-state index contributed by atoms with van der Waals surface area (Å²) in [6.07, 6.45) is -13.4. The van der Waals surface area contributed by atoms with E-state index in [2.05, 4.69) is 0 Å². The molecule has 0 radical (unpaired) electrons. The first kappa shape index (κ1) is 21.9. The molecular formula is C16H30O10. The Morgan fingerprint density at radius 3 is 1.81 bits per heavy atom. The van der Waals surface area contributed by atoms with Crippen LogP contribution >= 0.6 is 0 Å². The summed E-state index contributed by atoms with van der Waals surface area (Å²) in [5.74, 6) is 0. The topological polar surface area (TPSA) is 169 Å². The van der Waals surface area contributed by atoms with Crippen LogP contribution in [0.4, 0.5) is 0 Å². The molecule has 0 spiro atoms. The Kier molecular flexibility index (Phi) is 7.00. The zero-order valence-corrected chi connectivity index (χ0v) is 15.0. The second-order valence-corrected chi connectivity index (χ2v) is 7.92. The van der Waals surface area contributed by atoms with Crippen molar-refractivity contribution in [3.8, 4) is 0 Å². The summed E-state index contributed by atoms with van der Waals surface area (Å²) < 4.78 is 16.4. The van der Waals surface area contributed by atoms with Gasteiger partial charge in [-0.2, -0.15) is 0 Å². The highest BCUT2D eigenvalue weighted by Gasteiger charge is 2.52. The molecule has 4 unspecified atom stereocenters. The van der Waals surface area contributed by atoms with Crippen molar-refractivity contribution in [3.05, 3.63) is 0 Å². The van der Waals surface area contributed by atoms with Crippen molar-refractivity contribution in [2.24, 2.45) is 5.41 Å². The summed E-state index contributed by atoms with van der Waals surface area (Å²) in [5.41, 5.74) is -0.526. The molecule has 2 aliphatic heterocycles. The van der Waals surface area contributed by atoms with E-state index in [1.165, 1.54) is 0 Å². The first-order valence-electron chi connectivity index (χ1n) is 8.61. The van der Waals surface area contributed by atoms with Crippen LogP contribution in [0.2, 0.25) is 0 Å². The van der Waals surface area contributed by atoms with Crippen LogP contribution < -0.4 is 0 Å². The Labute approximate surface area is 151 Å².